The fraction of sp³-hybridized carbons (Fsp3) is 0.318. The molecule has 4 rings (SSSR count). The monoisotopic (exact) mass is 408 g/mol. The van der Waals surface area contributed by atoms with Gasteiger partial charge in [-0.25, -0.2) is 0 Å². The van der Waals surface area contributed by atoms with Crippen LogP contribution < -0.4 is 4.74 Å². The summed E-state index contributed by atoms with van der Waals surface area (Å²) in [4.78, 5) is 15.0. The standard InChI is InChI=1S/C22H24N4O2S/c1-16-23-24-22(26(16)19-10-12-20(28-2)13-11-19)29-15-21(27)25(18-8-9-18)14-17-6-4-3-5-7-17/h3-7,10-13,18H,8-9,14-15H2,1-2H3. The van der Waals surface area contributed by atoms with E-state index in [1.165, 1.54) is 11.8 Å². The van der Waals surface area contributed by atoms with Crippen LogP contribution in [0.5, 0.6) is 5.75 Å². The Morgan fingerprint density at radius 3 is 2.52 bits per heavy atom. The molecule has 1 aliphatic rings. The van der Waals surface area contributed by atoms with Crippen molar-refractivity contribution in [2.45, 2.75) is 37.5 Å². The zero-order chi connectivity index (χ0) is 20.2. The molecule has 7 heteroatoms. The van der Waals surface area contributed by atoms with Crippen LogP contribution in [0.25, 0.3) is 5.69 Å². The van der Waals surface area contributed by atoms with E-state index in [-0.39, 0.29) is 5.91 Å². The van der Waals surface area contributed by atoms with E-state index in [0.717, 1.165) is 40.8 Å². The van der Waals surface area contributed by atoms with Crippen molar-refractivity contribution in [3.8, 4) is 11.4 Å². The fourth-order valence-electron chi connectivity index (χ4n) is 3.26. The van der Waals surface area contributed by atoms with Crippen LogP contribution in [0, 0.1) is 6.92 Å². The number of thioether (sulfide) groups is 1. The molecule has 0 unspecified atom stereocenters. The predicted molar refractivity (Wildman–Crippen MR) is 113 cm³/mol. The number of aromatic nitrogens is 3. The van der Waals surface area contributed by atoms with Crippen molar-refractivity contribution in [3.63, 3.8) is 0 Å². The highest BCUT2D eigenvalue weighted by molar-refractivity contribution is 7.99. The molecule has 29 heavy (non-hydrogen) atoms. The second-order valence-electron chi connectivity index (χ2n) is 7.09. The van der Waals surface area contributed by atoms with E-state index in [1.54, 1.807) is 7.11 Å². The number of ether oxygens (including phenoxy) is 1. The molecule has 6 nitrogen and oxygen atoms in total. The molecule has 150 valence electrons. The first-order valence-electron chi connectivity index (χ1n) is 9.68. The molecule has 1 aromatic heterocycles. The van der Waals surface area contributed by atoms with E-state index in [9.17, 15) is 4.79 Å². The first-order valence-corrected chi connectivity index (χ1v) is 10.7. The average molecular weight is 409 g/mol. The van der Waals surface area contributed by atoms with E-state index in [2.05, 4.69) is 22.3 Å². The molecular formula is C22H24N4O2S. The van der Waals surface area contributed by atoms with E-state index >= 15 is 0 Å². The number of amides is 1. The zero-order valence-corrected chi connectivity index (χ0v) is 17.4. The van der Waals surface area contributed by atoms with Crippen LogP contribution in [-0.4, -0.2) is 44.5 Å². The summed E-state index contributed by atoms with van der Waals surface area (Å²) in [5.74, 6) is 2.07. The molecule has 1 saturated carbocycles. The quantitative estimate of drug-likeness (QED) is 0.530. The Kier molecular flexibility index (Phi) is 5.85. The summed E-state index contributed by atoms with van der Waals surface area (Å²) < 4.78 is 7.20. The van der Waals surface area contributed by atoms with Gasteiger partial charge in [0.05, 0.1) is 12.9 Å². The zero-order valence-electron chi connectivity index (χ0n) is 16.6. The third-order valence-electron chi connectivity index (χ3n) is 4.95. The minimum Gasteiger partial charge on any atom is -0.497 e. The SMILES string of the molecule is COc1ccc(-n2c(C)nnc2SCC(=O)N(Cc2ccccc2)C2CC2)cc1. The van der Waals surface area contributed by atoms with Gasteiger partial charge in [-0.15, -0.1) is 10.2 Å². The summed E-state index contributed by atoms with van der Waals surface area (Å²) in [7, 11) is 1.65. The molecule has 1 aliphatic carbocycles. The highest BCUT2D eigenvalue weighted by atomic mass is 32.2. The number of rotatable bonds is 8. The number of methoxy groups -OCH3 is 1. The van der Waals surface area contributed by atoms with Crippen LogP contribution in [0.1, 0.15) is 24.2 Å². The third kappa shape index (κ3) is 4.62. The molecule has 1 heterocycles. The number of hydrogen-bond donors (Lipinski definition) is 0. The molecule has 0 aliphatic heterocycles. The van der Waals surface area contributed by atoms with Crippen molar-refractivity contribution in [2.75, 3.05) is 12.9 Å². The summed E-state index contributed by atoms with van der Waals surface area (Å²) >= 11 is 1.43. The van der Waals surface area contributed by atoms with Crippen molar-refractivity contribution in [1.82, 2.24) is 19.7 Å². The van der Waals surface area contributed by atoms with Crippen molar-refractivity contribution < 1.29 is 9.53 Å². The van der Waals surface area contributed by atoms with Crippen molar-refractivity contribution in [3.05, 3.63) is 66.0 Å². The molecule has 1 amide bonds. The number of carbonyl (C=O) groups excluding carboxylic acids is 1. The second kappa shape index (κ2) is 8.69. The van der Waals surface area contributed by atoms with Crippen LogP contribution in [0.4, 0.5) is 0 Å². The van der Waals surface area contributed by atoms with Gasteiger partial charge in [-0.2, -0.15) is 0 Å². The number of nitrogens with zero attached hydrogens (tertiary/aromatic N) is 4. The van der Waals surface area contributed by atoms with Gasteiger partial charge in [0.15, 0.2) is 5.16 Å². The van der Waals surface area contributed by atoms with Crippen LogP contribution in [0.15, 0.2) is 59.8 Å². The van der Waals surface area contributed by atoms with Crippen LogP contribution in [0.2, 0.25) is 0 Å². The lowest BCUT2D eigenvalue weighted by Crippen LogP contribution is -2.34. The summed E-state index contributed by atoms with van der Waals surface area (Å²) in [6, 6.07) is 18.3. The van der Waals surface area contributed by atoms with Crippen LogP contribution >= 0.6 is 11.8 Å². The van der Waals surface area contributed by atoms with Crippen molar-refractivity contribution >= 4 is 17.7 Å². The third-order valence-corrected chi connectivity index (χ3v) is 5.87. The number of benzene rings is 2. The minimum absolute atomic E-state index is 0.142. The van der Waals surface area contributed by atoms with Gasteiger partial charge in [0.2, 0.25) is 5.91 Å². The largest absolute Gasteiger partial charge is 0.497 e. The predicted octanol–water partition coefficient (Wildman–Crippen LogP) is 3.87. The van der Waals surface area contributed by atoms with Gasteiger partial charge in [0, 0.05) is 18.3 Å². The van der Waals surface area contributed by atoms with Gasteiger partial charge in [0.1, 0.15) is 11.6 Å². The number of carbonyl (C=O) groups is 1. The summed E-state index contributed by atoms with van der Waals surface area (Å²) in [5.41, 5.74) is 2.11. The van der Waals surface area contributed by atoms with E-state index in [1.807, 2.05) is 58.9 Å². The van der Waals surface area contributed by atoms with Crippen molar-refractivity contribution in [2.24, 2.45) is 0 Å². The van der Waals surface area contributed by atoms with Gasteiger partial charge in [0.25, 0.3) is 0 Å². The highest BCUT2D eigenvalue weighted by Crippen LogP contribution is 2.30. The molecule has 0 bridgehead atoms. The molecule has 2 aromatic carbocycles. The van der Waals surface area contributed by atoms with Gasteiger partial charge in [-0.1, -0.05) is 42.1 Å². The van der Waals surface area contributed by atoms with Crippen LogP contribution in [-0.2, 0) is 11.3 Å². The molecule has 0 atom stereocenters. The Balaban J connectivity index is 1.46. The summed E-state index contributed by atoms with van der Waals surface area (Å²) in [6.45, 7) is 2.57. The molecule has 0 spiro atoms. The summed E-state index contributed by atoms with van der Waals surface area (Å²) in [6.07, 6.45) is 2.18. The highest BCUT2D eigenvalue weighted by Gasteiger charge is 2.32. The average Bonchev–Trinajstić information content (AvgIpc) is 3.53. The molecular weight excluding hydrogens is 384 g/mol. The normalized spacial score (nSPS) is 13.3. The molecule has 0 radical (unpaired) electrons. The van der Waals surface area contributed by atoms with Gasteiger partial charge in [-0.05, 0) is 49.6 Å². The minimum atomic E-state index is 0.142. The van der Waals surface area contributed by atoms with Crippen molar-refractivity contribution in [1.29, 1.82) is 0 Å². The number of aryl methyl sites for hydroxylation is 1. The van der Waals surface area contributed by atoms with Gasteiger partial charge in [-0.3, -0.25) is 9.36 Å². The van der Waals surface area contributed by atoms with Gasteiger partial charge < -0.3 is 9.64 Å². The lowest BCUT2D eigenvalue weighted by Gasteiger charge is -2.22. The Morgan fingerprint density at radius 2 is 1.86 bits per heavy atom. The second-order valence-corrected chi connectivity index (χ2v) is 8.03. The Bertz CT molecular complexity index is 968. The Morgan fingerprint density at radius 1 is 1.14 bits per heavy atom. The smallest absolute Gasteiger partial charge is 0.233 e. The molecule has 1 fully saturated rings. The Hall–Kier alpha value is -2.80. The maximum atomic E-state index is 13.0. The molecule has 0 saturated heterocycles. The van der Waals surface area contributed by atoms with Crippen LogP contribution in [0.3, 0.4) is 0 Å². The fourth-order valence-corrected chi connectivity index (χ4v) is 4.14. The lowest BCUT2D eigenvalue weighted by molar-refractivity contribution is -0.129. The summed E-state index contributed by atoms with van der Waals surface area (Å²) in [5, 5.41) is 9.21. The first kappa shape index (κ1) is 19.5. The maximum absolute atomic E-state index is 13.0. The molecule has 0 N–H and O–H groups in total. The van der Waals surface area contributed by atoms with E-state index in [4.69, 9.17) is 4.74 Å². The maximum Gasteiger partial charge on any atom is 0.233 e. The number of hydrogen-bond acceptors (Lipinski definition) is 5. The topological polar surface area (TPSA) is 60.2 Å². The molecule has 3 aromatic rings. The first-order chi connectivity index (χ1) is 14.2. The van der Waals surface area contributed by atoms with E-state index in [0.29, 0.717) is 18.3 Å². The van der Waals surface area contributed by atoms with Gasteiger partial charge >= 0.3 is 0 Å². The Labute approximate surface area is 174 Å². The lowest BCUT2D eigenvalue weighted by atomic mass is 10.2. The van der Waals surface area contributed by atoms with E-state index < -0.39 is 0 Å².